The Hall–Kier alpha value is -1.70. The molecule has 1 aliphatic carbocycles. The van der Waals surface area contributed by atoms with Crippen LogP contribution in [0.4, 0.5) is 26.3 Å². The van der Waals surface area contributed by atoms with Crippen LogP contribution in [-0.4, -0.2) is 8.32 Å². The van der Waals surface area contributed by atoms with Gasteiger partial charge in [-0.3, -0.25) is 0 Å². The van der Waals surface area contributed by atoms with Crippen LogP contribution in [0, 0.1) is 34.9 Å². The maximum Gasteiger partial charge on any atom is 0.259 e. The molecule has 0 amide bonds. The average molecular weight is 449 g/mol. The van der Waals surface area contributed by atoms with E-state index in [-0.39, 0.29) is 22.7 Å². The fourth-order valence-electron chi connectivity index (χ4n) is 5.18. The van der Waals surface area contributed by atoms with E-state index in [2.05, 4.69) is 0 Å². The van der Waals surface area contributed by atoms with E-state index in [9.17, 15) is 22.0 Å². The molecule has 0 bridgehead atoms. The third-order valence-corrected chi connectivity index (χ3v) is 12.5. The van der Waals surface area contributed by atoms with Crippen LogP contribution < -0.4 is 4.43 Å². The lowest BCUT2D eigenvalue weighted by Crippen LogP contribution is -2.53. The number of benzene rings is 2. The molecule has 30 heavy (non-hydrogen) atoms. The normalized spacial score (nSPS) is 16.1. The van der Waals surface area contributed by atoms with Crippen molar-refractivity contribution in [1.29, 1.82) is 0 Å². The zero-order chi connectivity index (χ0) is 22.4. The molecule has 1 aliphatic rings. The first kappa shape index (κ1) is 23.0. The van der Waals surface area contributed by atoms with Gasteiger partial charge in [-0.05, 0) is 29.5 Å². The van der Waals surface area contributed by atoms with Crippen molar-refractivity contribution in [2.24, 2.45) is 0 Å². The van der Waals surface area contributed by atoms with Crippen molar-refractivity contribution in [2.75, 3.05) is 0 Å². The monoisotopic (exact) mass is 448 g/mol. The first-order valence-electron chi connectivity index (χ1n) is 10.4. The van der Waals surface area contributed by atoms with E-state index in [0.29, 0.717) is 0 Å². The second-order valence-electron chi connectivity index (χ2n) is 8.78. The van der Waals surface area contributed by atoms with Crippen molar-refractivity contribution in [3.63, 3.8) is 0 Å². The Bertz CT molecular complexity index is 945. The Labute approximate surface area is 173 Å². The van der Waals surface area contributed by atoms with Crippen LogP contribution in [0.25, 0.3) is 10.8 Å². The molecule has 2 aromatic rings. The quantitative estimate of drug-likeness (QED) is 0.255. The summed E-state index contributed by atoms with van der Waals surface area (Å²) in [4.78, 5) is 0. The van der Waals surface area contributed by atoms with Gasteiger partial charge >= 0.3 is 0 Å². The number of fused-ring (bicyclic) bond motifs is 1. The van der Waals surface area contributed by atoms with Crippen molar-refractivity contribution in [3.05, 3.63) is 41.0 Å². The minimum absolute atomic E-state index is 0.0621. The van der Waals surface area contributed by atoms with Gasteiger partial charge in [0, 0.05) is 6.07 Å². The highest BCUT2D eigenvalue weighted by Gasteiger charge is 2.51. The number of hydrogen-bond donors (Lipinski definition) is 0. The first-order valence-corrected chi connectivity index (χ1v) is 12.5. The van der Waals surface area contributed by atoms with Crippen molar-refractivity contribution >= 4 is 19.1 Å². The van der Waals surface area contributed by atoms with Gasteiger partial charge < -0.3 is 4.43 Å². The predicted octanol–water partition coefficient (Wildman–Crippen LogP) is 8.15. The van der Waals surface area contributed by atoms with E-state index in [4.69, 9.17) is 4.43 Å². The van der Waals surface area contributed by atoms with Gasteiger partial charge in [0.25, 0.3) is 8.32 Å². The van der Waals surface area contributed by atoms with Crippen LogP contribution in [0.3, 0.4) is 0 Å². The van der Waals surface area contributed by atoms with E-state index in [1.807, 2.05) is 27.7 Å². The third kappa shape index (κ3) is 3.50. The molecule has 0 spiro atoms. The summed E-state index contributed by atoms with van der Waals surface area (Å²) >= 11 is 0. The molecule has 1 saturated carbocycles. The lowest BCUT2D eigenvalue weighted by molar-refractivity contribution is 0.371. The van der Waals surface area contributed by atoms with E-state index in [1.165, 1.54) is 0 Å². The lowest BCUT2D eigenvalue weighted by atomic mass is 10.0. The third-order valence-electron chi connectivity index (χ3n) is 6.53. The molecule has 166 valence electrons. The van der Waals surface area contributed by atoms with E-state index in [1.54, 1.807) is 0 Å². The fourth-order valence-corrected chi connectivity index (χ4v) is 10.9. The summed E-state index contributed by atoms with van der Waals surface area (Å²) in [6.45, 7) is 7.68. The van der Waals surface area contributed by atoms with Gasteiger partial charge in [-0.25, -0.2) is 22.0 Å². The van der Waals surface area contributed by atoms with Gasteiger partial charge in [0.2, 0.25) is 5.82 Å². The van der Waals surface area contributed by atoms with Crippen LogP contribution >= 0.6 is 0 Å². The van der Waals surface area contributed by atoms with E-state index < -0.39 is 59.7 Å². The van der Waals surface area contributed by atoms with Gasteiger partial charge in [-0.1, -0.05) is 47.0 Å². The summed E-state index contributed by atoms with van der Waals surface area (Å²) in [5.41, 5.74) is -0.0282. The topological polar surface area (TPSA) is 9.23 Å². The summed E-state index contributed by atoms with van der Waals surface area (Å²) in [6, 6.07) is 0.124. The highest BCUT2D eigenvalue weighted by atomic mass is 28.4. The Morgan fingerprint density at radius 3 is 1.83 bits per heavy atom. The Morgan fingerprint density at radius 1 is 0.733 bits per heavy atom. The molecular formula is C22H26F6OSi. The molecule has 1 fully saturated rings. The SMILES string of the molecule is CC(C)[Si](Oc1c(F)c(F)c2c(F)c(F)cc(F)c2c1F)(C(C)C)C1CCCCC1. The van der Waals surface area contributed by atoms with Crippen LogP contribution in [0.1, 0.15) is 59.8 Å². The Balaban J connectivity index is 2.27. The predicted molar refractivity (Wildman–Crippen MR) is 107 cm³/mol. The zero-order valence-electron chi connectivity index (χ0n) is 17.5. The molecule has 3 rings (SSSR count). The molecule has 0 N–H and O–H groups in total. The highest BCUT2D eigenvalue weighted by molar-refractivity contribution is 6.78. The maximum absolute atomic E-state index is 15.3. The van der Waals surface area contributed by atoms with E-state index in [0.717, 1.165) is 32.1 Å². The van der Waals surface area contributed by atoms with Crippen LogP contribution in [0.15, 0.2) is 6.07 Å². The van der Waals surface area contributed by atoms with Gasteiger partial charge in [-0.2, -0.15) is 4.39 Å². The van der Waals surface area contributed by atoms with E-state index >= 15 is 4.39 Å². The fraction of sp³-hybridized carbons (Fsp3) is 0.545. The van der Waals surface area contributed by atoms with Gasteiger partial charge in [0.1, 0.15) is 5.82 Å². The molecule has 0 radical (unpaired) electrons. The number of rotatable bonds is 5. The summed E-state index contributed by atoms with van der Waals surface area (Å²) in [5.74, 6) is -11.2. The molecule has 2 aromatic carbocycles. The van der Waals surface area contributed by atoms with Gasteiger partial charge in [-0.15, -0.1) is 0 Å². The van der Waals surface area contributed by atoms with Crippen molar-refractivity contribution < 1.29 is 30.8 Å². The lowest BCUT2D eigenvalue weighted by Gasteiger charge is -2.46. The molecule has 0 atom stereocenters. The van der Waals surface area contributed by atoms with Crippen molar-refractivity contribution in [1.82, 2.24) is 0 Å². The molecule has 0 unspecified atom stereocenters. The zero-order valence-corrected chi connectivity index (χ0v) is 18.5. The minimum Gasteiger partial charge on any atom is -0.539 e. The molecule has 0 aliphatic heterocycles. The van der Waals surface area contributed by atoms with Crippen molar-refractivity contribution in [3.8, 4) is 5.75 Å². The molecule has 0 saturated heterocycles. The maximum atomic E-state index is 15.3. The second kappa shape index (κ2) is 8.44. The summed E-state index contributed by atoms with van der Waals surface area (Å²) in [6.07, 6.45) is 4.70. The molecular weight excluding hydrogens is 422 g/mol. The summed E-state index contributed by atoms with van der Waals surface area (Å²) in [7, 11) is -2.94. The Kier molecular flexibility index (Phi) is 6.46. The number of hydrogen-bond acceptors (Lipinski definition) is 1. The minimum atomic E-state index is -2.94. The molecule has 0 aromatic heterocycles. The van der Waals surface area contributed by atoms with Gasteiger partial charge in [0.15, 0.2) is 29.0 Å². The van der Waals surface area contributed by atoms with Crippen molar-refractivity contribution in [2.45, 2.75) is 76.4 Å². The smallest absolute Gasteiger partial charge is 0.259 e. The molecule has 8 heteroatoms. The van der Waals surface area contributed by atoms with Gasteiger partial charge in [0.05, 0.1) is 10.8 Å². The largest absolute Gasteiger partial charge is 0.539 e. The Morgan fingerprint density at radius 2 is 1.30 bits per heavy atom. The summed E-state index contributed by atoms with van der Waals surface area (Å²) < 4.78 is 92.9. The number of halogens is 6. The second-order valence-corrected chi connectivity index (χ2v) is 13.8. The first-order chi connectivity index (χ1) is 14.0. The van der Waals surface area contributed by atoms with Crippen LogP contribution in [0.2, 0.25) is 16.6 Å². The van der Waals surface area contributed by atoms with Crippen LogP contribution in [0.5, 0.6) is 5.75 Å². The van der Waals surface area contributed by atoms with Crippen LogP contribution in [-0.2, 0) is 0 Å². The standard InChI is InChI=1S/C22H26F6OSi/c1-11(2)30(12(3)4,13-8-6-5-7-9-13)29-22-20(27)16-14(23)10-15(24)18(25)17(16)19(26)21(22)28/h10-13H,5-9H2,1-4H3. The summed E-state index contributed by atoms with van der Waals surface area (Å²) in [5, 5.41) is -2.52. The highest BCUT2D eigenvalue weighted by Crippen LogP contribution is 2.50. The average Bonchev–Trinajstić information content (AvgIpc) is 2.69. The molecule has 0 heterocycles. The molecule has 1 nitrogen and oxygen atoms in total.